The summed E-state index contributed by atoms with van der Waals surface area (Å²) >= 11 is 12.2. The maximum absolute atomic E-state index is 12.3. The summed E-state index contributed by atoms with van der Waals surface area (Å²) in [6, 6.07) is 2.91. The number of hydrogen-bond donors (Lipinski definition) is 1. The molecule has 0 radical (unpaired) electrons. The number of nitrogens with one attached hydrogen (secondary N) is 1. The molecule has 18 heavy (non-hydrogen) atoms. The maximum Gasteiger partial charge on any atom is 0.184 e. The van der Waals surface area contributed by atoms with Gasteiger partial charge < -0.3 is 5.32 Å². The molecule has 0 fully saturated rings. The Balaban J connectivity index is 2.62. The first-order valence-corrected chi connectivity index (χ1v) is 8.16. The molecule has 2 unspecified atom stereocenters. The van der Waals surface area contributed by atoms with Crippen LogP contribution in [0.1, 0.15) is 31.9 Å². The largest absolute Gasteiger partial charge is 0.309 e. The van der Waals surface area contributed by atoms with Crippen molar-refractivity contribution >= 4 is 33.0 Å². The van der Waals surface area contributed by atoms with Gasteiger partial charge in [-0.2, -0.15) is 0 Å². The van der Waals surface area contributed by atoms with Crippen molar-refractivity contribution in [3.63, 3.8) is 0 Å². The average Bonchev–Trinajstić information content (AvgIpc) is 2.52. The van der Waals surface area contributed by atoms with Gasteiger partial charge in [-0.25, -0.2) is 8.42 Å². The highest BCUT2D eigenvalue weighted by Gasteiger charge is 2.44. The van der Waals surface area contributed by atoms with E-state index in [1.54, 1.807) is 13.0 Å². The van der Waals surface area contributed by atoms with Gasteiger partial charge in [0, 0.05) is 10.6 Å². The molecule has 0 saturated heterocycles. The summed E-state index contributed by atoms with van der Waals surface area (Å²) in [4.78, 5) is 0.192. The minimum Gasteiger partial charge on any atom is -0.309 e. The Bertz CT molecular complexity index is 572. The molecule has 6 heteroatoms. The fraction of sp³-hybridized carbons (Fsp3) is 0.500. The highest BCUT2D eigenvalue weighted by molar-refractivity contribution is 7.92. The Hall–Kier alpha value is -0.290. The third-order valence-corrected chi connectivity index (χ3v) is 6.28. The standard InChI is InChI=1S/C12H15Cl2NO2S/c1-3-6-15-11-7(2)18(16,17)12-9(14)5-4-8(13)10(11)12/h4-5,7,11,15H,3,6H2,1-2H3. The SMILES string of the molecule is CCCNC1c2c(Cl)ccc(Cl)c2S(=O)(=O)C1C. The molecular weight excluding hydrogens is 293 g/mol. The normalized spacial score (nSPS) is 25.1. The summed E-state index contributed by atoms with van der Waals surface area (Å²) in [5.74, 6) is 0. The van der Waals surface area contributed by atoms with Crippen LogP contribution in [0.3, 0.4) is 0 Å². The molecule has 2 rings (SSSR count). The molecule has 1 aliphatic heterocycles. The van der Waals surface area contributed by atoms with Gasteiger partial charge in [0.1, 0.15) is 0 Å². The van der Waals surface area contributed by atoms with Crippen molar-refractivity contribution in [2.75, 3.05) is 6.54 Å². The summed E-state index contributed by atoms with van der Waals surface area (Å²) in [6.45, 7) is 4.46. The van der Waals surface area contributed by atoms with E-state index in [-0.39, 0.29) is 16.0 Å². The van der Waals surface area contributed by atoms with Gasteiger partial charge in [0.05, 0.1) is 21.2 Å². The first-order chi connectivity index (χ1) is 8.41. The Kier molecular flexibility index (Phi) is 3.93. The second kappa shape index (κ2) is 5.00. The fourth-order valence-corrected chi connectivity index (χ4v) is 4.96. The van der Waals surface area contributed by atoms with Crippen molar-refractivity contribution in [2.45, 2.75) is 36.5 Å². The van der Waals surface area contributed by atoms with E-state index in [1.807, 2.05) is 6.92 Å². The topological polar surface area (TPSA) is 46.2 Å². The van der Waals surface area contributed by atoms with Crippen molar-refractivity contribution in [1.82, 2.24) is 5.32 Å². The van der Waals surface area contributed by atoms with Gasteiger partial charge in [-0.05, 0) is 32.0 Å². The fourth-order valence-electron chi connectivity index (χ4n) is 2.30. The van der Waals surface area contributed by atoms with Crippen molar-refractivity contribution in [3.05, 3.63) is 27.7 Å². The van der Waals surface area contributed by atoms with Crippen LogP contribution in [-0.2, 0) is 9.84 Å². The van der Waals surface area contributed by atoms with Crippen LogP contribution in [0.5, 0.6) is 0 Å². The predicted molar refractivity (Wildman–Crippen MR) is 74.1 cm³/mol. The minimum absolute atomic E-state index is 0.192. The number of fused-ring (bicyclic) bond motifs is 1. The van der Waals surface area contributed by atoms with Crippen LogP contribution in [0.4, 0.5) is 0 Å². The second-order valence-corrected chi connectivity index (χ2v) is 7.51. The van der Waals surface area contributed by atoms with Crippen molar-refractivity contribution in [1.29, 1.82) is 0 Å². The van der Waals surface area contributed by atoms with Crippen LogP contribution in [0, 0.1) is 0 Å². The molecule has 0 saturated carbocycles. The van der Waals surface area contributed by atoms with E-state index >= 15 is 0 Å². The third-order valence-electron chi connectivity index (χ3n) is 3.26. The van der Waals surface area contributed by atoms with Crippen LogP contribution in [0.25, 0.3) is 0 Å². The van der Waals surface area contributed by atoms with E-state index in [0.717, 1.165) is 13.0 Å². The average molecular weight is 308 g/mol. The summed E-state index contributed by atoms with van der Waals surface area (Å²) in [5, 5.41) is 3.40. The van der Waals surface area contributed by atoms with Crippen LogP contribution in [0.2, 0.25) is 10.0 Å². The van der Waals surface area contributed by atoms with Gasteiger partial charge in [-0.3, -0.25) is 0 Å². The van der Waals surface area contributed by atoms with Gasteiger partial charge in [0.2, 0.25) is 0 Å². The Morgan fingerprint density at radius 1 is 1.28 bits per heavy atom. The Morgan fingerprint density at radius 2 is 1.89 bits per heavy atom. The monoisotopic (exact) mass is 307 g/mol. The van der Waals surface area contributed by atoms with Crippen LogP contribution >= 0.6 is 23.2 Å². The number of halogens is 2. The quantitative estimate of drug-likeness (QED) is 0.932. The Labute approximate surface area is 117 Å². The van der Waals surface area contributed by atoms with Crippen molar-refractivity contribution < 1.29 is 8.42 Å². The number of sulfone groups is 1. The molecule has 1 aliphatic rings. The number of rotatable bonds is 3. The van der Waals surface area contributed by atoms with Crippen molar-refractivity contribution in [3.8, 4) is 0 Å². The van der Waals surface area contributed by atoms with Gasteiger partial charge in [0.15, 0.2) is 9.84 Å². The summed E-state index contributed by atoms with van der Waals surface area (Å²) in [6.07, 6.45) is 0.927. The summed E-state index contributed by atoms with van der Waals surface area (Å²) in [7, 11) is -3.40. The van der Waals surface area contributed by atoms with E-state index < -0.39 is 15.1 Å². The second-order valence-electron chi connectivity index (χ2n) is 4.45. The Morgan fingerprint density at radius 3 is 2.50 bits per heavy atom. The molecular formula is C12H15Cl2NO2S. The maximum atomic E-state index is 12.3. The zero-order valence-corrected chi connectivity index (χ0v) is 12.5. The molecule has 0 amide bonds. The molecule has 3 nitrogen and oxygen atoms in total. The molecule has 1 heterocycles. The smallest absolute Gasteiger partial charge is 0.184 e. The lowest BCUT2D eigenvalue weighted by Crippen LogP contribution is -2.30. The molecule has 0 spiro atoms. The van der Waals surface area contributed by atoms with Gasteiger partial charge in [-0.1, -0.05) is 30.1 Å². The lowest BCUT2D eigenvalue weighted by Gasteiger charge is -2.17. The summed E-state index contributed by atoms with van der Waals surface area (Å²) in [5.41, 5.74) is 0.616. The van der Waals surface area contributed by atoms with Crippen molar-refractivity contribution in [2.24, 2.45) is 0 Å². The zero-order chi connectivity index (χ0) is 13.5. The van der Waals surface area contributed by atoms with E-state index in [2.05, 4.69) is 5.32 Å². The number of hydrogen-bond acceptors (Lipinski definition) is 3. The highest BCUT2D eigenvalue weighted by atomic mass is 35.5. The van der Waals surface area contributed by atoms with Crippen LogP contribution in [0.15, 0.2) is 17.0 Å². The van der Waals surface area contributed by atoms with Gasteiger partial charge >= 0.3 is 0 Å². The van der Waals surface area contributed by atoms with Crippen LogP contribution in [-0.4, -0.2) is 20.2 Å². The molecule has 0 aromatic heterocycles. The number of benzene rings is 1. The first-order valence-electron chi connectivity index (χ1n) is 5.86. The molecule has 0 bridgehead atoms. The molecule has 100 valence electrons. The molecule has 2 atom stereocenters. The third kappa shape index (κ3) is 2.05. The van der Waals surface area contributed by atoms with E-state index in [1.165, 1.54) is 6.07 Å². The molecule has 1 N–H and O–H groups in total. The molecule has 0 aliphatic carbocycles. The lowest BCUT2D eigenvalue weighted by atomic mass is 10.0. The summed E-state index contributed by atoms with van der Waals surface area (Å²) < 4.78 is 24.7. The highest BCUT2D eigenvalue weighted by Crippen LogP contribution is 2.45. The van der Waals surface area contributed by atoms with E-state index in [9.17, 15) is 8.42 Å². The van der Waals surface area contributed by atoms with Crippen LogP contribution < -0.4 is 5.32 Å². The lowest BCUT2D eigenvalue weighted by molar-refractivity contribution is 0.515. The minimum atomic E-state index is -3.40. The zero-order valence-electron chi connectivity index (χ0n) is 10.2. The van der Waals surface area contributed by atoms with E-state index in [4.69, 9.17) is 23.2 Å². The van der Waals surface area contributed by atoms with E-state index in [0.29, 0.717) is 10.6 Å². The molecule has 1 aromatic rings. The van der Waals surface area contributed by atoms with Gasteiger partial charge in [-0.15, -0.1) is 0 Å². The molecule has 1 aromatic carbocycles. The predicted octanol–water partition coefficient (Wildman–Crippen LogP) is 3.21. The van der Waals surface area contributed by atoms with Gasteiger partial charge in [0.25, 0.3) is 0 Å². The first kappa shape index (κ1) is 14.1.